The van der Waals surface area contributed by atoms with Gasteiger partial charge in [0.1, 0.15) is 0 Å². The van der Waals surface area contributed by atoms with Crippen LogP contribution in [0, 0.1) is 11.8 Å². The van der Waals surface area contributed by atoms with Crippen molar-refractivity contribution in [2.45, 2.75) is 25.7 Å². The highest BCUT2D eigenvalue weighted by Gasteiger charge is 2.35. The van der Waals surface area contributed by atoms with Crippen molar-refractivity contribution in [1.82, 2.24) is 14.7 Å². The van der Waals surface area contributed by atoms with Gasteiger partial charge in [-0.3, -0.25) is 14.3 Å². The first-order valence-corrected chi connectivity index (χ1v) is 7.22. The van der Waals surface area contributed by atoms with Crippen LogP contribution in [0.25, 0.3) is 0 Å². The van der Waals surface area contributed by atoms with Crippen molar-refractivity contribution in [3.8, 4) is 0 Å². The maximum absolute atomic E-state index is 12.1. The van der Waals surface area contributed by atoms with Gasteiger partial charge in [-0.05, 0) is 25.7 Å². The Morgan fingerprint density at radius 1 is 1.20 bits per heavy atom. The monoisotopic (exact) mass is 276 g/mol. The van der Waals surface area contributed by atoms with Gasteiger partial charge in [-0.15, -0.1) is 0 Å². The molecule has 2 fully saturated rings. The van der Waals surface area contributed by atoms with Crippen molar-refractivity contribution in [3.63, 3.8) is 0 Å². The Labute approximate surface area is 118 Å². The van der Waals surface area contributed by atoms with Crippen molar-refractivity contribution in [2.24, 2.45) is 18.9 Å². The van der Waals surface area contributed by atoms with Gasteiger partial charge in [-0.1, -0.05) is 0 Å². The largest absolute Gasteiger partial charge is 0.342 e. The Morgan fingerprint density at radius 3 is 2.45 bits per heavy atom. The highest BCUT2D eigenvalue weighted by molar-refractivity contribution is 5.92. The summed E-state index contributed by atoms with van der Waals surface area (Å²) in [5.74, 6) is 0.599. The van der Waals surface area contributed by atoms with Gasteiger partial charge >= 0.3 is 0 Å². The van der Waals surface area contributed by atoms with Crippen molar-refractivity contribution >= 4 is 17.5 Å². The molecule has 0 spiro atoms. The molecule has 0 bridgehead atoms. The number of anilines is 1. The van der Waals surface area contributed by atoms with E-state index in [0.29, 0.717) is 13.1 Å². The van der Waals surface area contributed by atoms with Crippen LogP contribution in [0.1, 0.15) is 25.7 Å². The number of rotatable bonds is 3. The fraction of sp³-hybridized carbons (Fsp3) is 0.643. The van der Waals surface area contributed by atoms with E-state index in [1.165, 1.54) is 0 Å². The van der Waals surface area contributed by atoms with Crippen LogP contribution in [0.4, 0.5) is 5.69 Å². The number of aryl methyl sites for hydroxylation is 1. The number of likely N-dealkylation sites (tertiary alicyclic amines) is 1. The molecule has 0 unspecified atom stereocenters. The van der Waals surface area contributed by atoms with Gasteiger partial charge in [-0.25, -0.2) is 0 Å². The van der Waals surface area contributed by atoms with Crippen LogP contribution in [-0.2, 0) is 16.6 Å². The molecular weight excluding hydrogens is 256 g/mol. The molecular formula is C14H20N4O2. The van der Waals surface area contributed by atoms with Crippen LogP contribution >= 0.6 is 0 Å². The number of piperidine rings is 1. The Balaban J connectivity index is 1.49. The van der Waals surface area contributed by atoms with E-state index >= 15 is 0 Å². The molecule has 0 aromatic carbocycles. The molecule has 6 heteroatoms. The third-order valence-corrected chi connectivity index (χ3v) is 4.08. The third kappa shape index (κ3) is 2.84. The van der Waals surface area contributed by atoms with Crippen LogP contribution in [0.3, 0.4) is 0 Å². The second-order valence-electron chi connectivity index (χ2n) is 5.77. The maximum Gasteiger partial charge on any atom is 0.227 e. The lowest BCUT2D eigenvalue weighted by Crippen LogP contribution is -2.42. The Morgan fingerprint density at radius 2 is 1.90 bits per heavy atom. The summed E-state index contributed by atoms with van der Waals surface area (Å²) in [6.45, 7) is 1.42. The number of amides is 2. The molecule has 2 amide bonds. The van der Waals surface area contributed by atoms with E-state index < -0.39 is 0 Å². The average Bonchev–Trinajstić information content (AvgIpc) is 3.22. The maximum atomic E-state index is 12.1. The number of hydrogen-bond donors (Lipinski definition) is 1. The molecule has 1 saturated carbocycles. The molecule has 0 radical (unpaired) electrons. The van der Waals surface area contributed by atoms with Crippen molar-refractivity contribution in [1.29, 1.82) is 0 Å². The van der Waals surface area contributed by atoms with Gasteiger partial charge in [0, 0.05) is 38.2 Å². The van der Waals surface area contributed by atoms with Crippen LogP contribution in [0.2, 0.25) is 0 Å². The third-order valence-electron chi connectivity index (χ3n) is 4.08. The second kappa shape index (κ2) is 5.26. The lowest BCUT2D eigenvalue weighted by Gasteiger charge is -2.31. The molecule has 20 heavy (non-hydrogen) atoms. The molecule has 6 nitrogen and oxygen atoms in total. The smallest absolute Gasteiger partial charge is 0.227 e. The number of carbonyl (C=O) groups excluding carboxylic acids is 2. The zero-order chi connectivity index (χ0) is 14.1. The van der Waals surface area contributed by atoms with E-state index in [2.05, 4.69) is 10.4 Å². The summed E-state index contributed by atoms with van der Waals surface area (Å²) in [6, 6.07) is 0. The molecule has 0 atom stereocenters. The van der Waals surface area contributed by atoms with E-state index in [9.17, 15) is 9.59 Å². The van der Waals surface area contributed by atoms with Crippen molar-refractivity contribution < 1.29 is 9.59 Å². The van der Waals surface area contributed by atoms with E-state index in [1.807, 2.05) is 11.9 Å². The second-order valence-corrected chi connectivity index (χ2v) is 5.77. The van der Waals surface area contributed by atoms with Crippen molar-refractivity contribution in [2.75, 3.05) is 18.4 Å². The number of nitrogens with zero attached hydrogens (tertiary/aromatic N) is 3. The summed E-state index contributed by atoms with van der Waals surface area (Å²) < 4.78 is 1.66. The van der Waals surface area contributed by atoms with E-state index in [0.717, 1.165) is 31.4 Å². The molecule has 2 aliphatic rings. The predicted octanol–water partition coefficient (Wildman–Crippen LogP) is 1.01. The van der Waals surface area contributed by atoms with Gasteiger partial charge in [0.15, 0.2) is 0 Å². The first-order chi connectivity index (χ1) is 9.63. The molecule has 108 valence electrons. The van der Waals surface area contributed by atoms with Gasteiger partial charge < -0.3 is 10.2 Å². The minimum absolute atomic E-state index is 0.00143. The molecule has 1 aromatic heterocycles. The standard InChI is InChI=1S/C14H20N4O2/c1-17-9-12(8-15-17)16-13(19)10-4-6-18(7-5-10)14(20)11-2-3-11/h8-11H,2-7H2,1H3,(H,16,19). The van der Waals surface area contributed by atoms with E-state index in [-0.39, 0.29) is 23.7 Å². The van der Waals surface area contributed by atoms with E-state index in [4.69, 9.17) is 0 Å². The molecule has 2 heterocycles. The molecule has 1 aromatic rings. The molecule has 1 saturated heterocycles. The zero-order valence-corrected chi connectivity index (χ0v) is 11.7. The summed E-state index contributed by atoms with van der Waals surface area (Å²) in [5.41, 5.74) is 0.731. The molecule has 1 aliphatic carbocycles. The van der Waals surface area contributed by atoms with Gasteiger partial charge in [0.25, 0.3) is 0 Å². The highest BCUT2D eigenvalue weighted by atomic mass is 16.2. The average molecular weight is 276 g/mol. The summed E-state index contributed by atoms with van der Waals surface area (Å²) in [5, 5.41) is 6.91. The molecule has 1 aliphatic heterocycles. The Bertz CT molecular complexity index is 513. The summed E-state index contributed by atoms with van der Waals surface area (Å²) in [6.07, 6.45) is 7.02. The summed E-state index contributed by atoms with van der Waals surface area (Å²) in [7, 11) is 1.82. The number of aromatic nitrogens is 2. The van der Waals surface area contributed by atoms with Gasteiger partial charge in [0.2, 0.25) is 11.8 Å². The number of hydrogen-bond acceptors (Lipinski definition) is 3. The fourth-order valence-corrected chi connectivity index (χ4v) is 2.68. The summed E-state index contributed by atoms with van der Waals surface area (Å²) >= 11 is 0. The van der Waals surface area contributed by atoms with Crippen molar-refractivity contribution in [3.05, 3.63) is 12.4 Å². The lowest BCUT2D eigenvalue weighted by molar-refractivity contribution is -0.135. The number of nitrogens with one attached hydrogen (secondary N) is 1. The highest BCUT2D eigenvalue weighted by Crippen LogP contribution is 2.32. The quantitative estimate of drug-likeness (QED) is 0.896. The normalized spacial score (nSPS) is 19.9. The van der Waals surface area contributed by atoms with Gasteiger partial charge in [0.05, 0.1) is 11.9 Å². The Kier molecular flexibility index (Phi) is 3.46. The molecule has 3 rings (SSSR count). The first-order valence-electron chi connectivity index (χ1n) is 7.22. The molecule has 1 N–H and O–H groups in total. The zero-order valence-electron chi connectivity index (χ0n) is 11.7. The SMILES string of the molecule is Cn1cc(NC(=O)C2CCN(C(=O)C3CC3)CC2)cn1. The minimum atomic E-state index is -0.00143. The lowest BCUT2D eigenvalue weighted by atomic mass is 9.95. The topological polar surface area (TPSA) is 67.2 Å². The fourth-order valence-electron chi connectivity index (χ4n) is 2.68. The summed E-state index contributed by atoms with van der Waals surface area (Å²) in [4.78, 5) is 26.0. The van der Waals surface area contributed by atoms with Crippen LogP contribution in [0.5, 0.6) is 0 Å². The van der Waals surface area contributed by atoms with E-state index in [1.54, 1.807) is 17.1 Å². The van der Waals surface area contributed by atoms with Gasteiger partial charge in [-0.2, -0.15) is 5.10 Å². The van der Waals surface area contributed by atoms with Crippen LogP contribution < -0.4 is 5.32 Å². The minimum Gasteiger partial charge on any atom is -0.342 e. The Hall–Kier alpha value is -1.85. The number of carbonyl (C=O) groups is 2. The van der Waals surface area contributed by atoms with Crippen LogP contribution in [0.15, 0.2) is 12.4 Å². The predicted molar refractivity (Wildman–Crippen MR) is 73.9 cm³/mol. The van der Waals surface area contributed by atoms with Crippen LogP contribution in [-0.4, -0.2) is 39.6 Å². The first kappa shape index (κ1) is 13.1.